The summed E-state index contributed by atoms with van der Waals surface area (Å²) < 4.78 is 0.370. The quantitative estimate of drug-likeness (QED) is 0.655. The number of benzene rings is 1. The summed E-state index contributed by atoms with van der Waals surface area (Å²) in [5, 5.41) is 18.0. The fourth-order valence-corrected chi connectivity index (χ4v) is 3.22. The van der Waals surface area contributed by atoms with Gasteiger partial charge < -0.3 is 10.2 Å². The standard InChI is InChI=1S/C14H13NO4S2/c1-8(9-2-4-10(16)5-3-9)12-13(19)15(14(20)21-12)7-6-11(17)18/h2-5,16H,6-7H2,1H3,(H,17,18)/b12-8-. The van der Waals surface area contributed by atoms with Gasteiger partial charge in [0, 0.05) is 6.54 Å². The number of rotatable bonds is 4. The lowest BCUT2D eigenvalue weighted by Gasteiger charge is -2.12. The van der Waals surface area contributed by atoms with Crippen molar-refractivity contribution in [3.63, 3.8) is 0 Å². The van der Waals surface area contributed by atoms with Gasteiger partial charge in [-0.2, -0.15) is 0 Å². The molecule has 5 nitrogen and oxygen atoms in total. The second kappa shape index (κ2) is 6.28. The van der Waals surface area contributed by atoms with E-state index in [9.17, 15) is 14.7 Å². The molecule has 21 heavy (non-hydrogen) atoms. The van der Waals surface area contributed by atoms with Crippen LogP contribution in [0.3, 0.4) is 0 Å². The highest BCUT2D eigenvalue weighted by Crippen LogP contribution is 2.36. The van der Waals surface area contributed by atoms with Crippen LogP contribution in [0.25, 0.3) is 5.57 Å². The van der Waals surface area contributed by atoms with E-state index < -0.39 is 5.97 Å². The lowest BCUT2D eigenvalue weighted by atomic mass is 10.1. The summed E-state index contributed by atoms with van der Waals surface area (Å²) in [4.78, 5) is 24.8. The van der Waals surface area contributed by atoms with E-state index in [0.29, 0.717) is 9.23 Å². The zero-order chi connectivity index (χ0) is 15.6. The van der Waals surface area contributed by atoms with Crippen molar-refractivity contribution >= 4 is 45.7 Å². The first-order valence-corrected chi connectivity index (χ1v) is 7.38. The molecule has 1 heterocycles. The van der Waals surface area contributed by atoms with Gasteiger partial charge in [-0.1, -0.05) is 36.1 Å². The number of amides is 1. The molecule has 0 bridgehead atoms. The highest BCUT2D eigenvalue weighted by atomic mass is 32.2. The van der Waals surface area contributed by atoms with Crippen LogP contribution < -0.4 is 0 Å². The third-order valence-corrected chi connectivity index (χ3v) is 4.59. The van der Waals surface area contributed by atoms with Crippen molar-refractivity contribution < 1.29 is 19.8 Å². The van der Waals surface area contributed by atoms with Crippen LogP contribution in [-0.4, -0.2) is 37.9 Å². The highest BCUT2D eigenvalue weighted by molar-refractivity contribution is 8.26. The van der Waals surface area contributed by atoms with E-state index in [0.717, 1.165) is 11.1 Å². The number of thioether (sulfide) groups is 1. The maximum absolute atomic E-state index is 12.3. The molecule has 0 spiro atoms. The van der Waals surface area contributed by atoms with Crippen molar-refractivity contribution in [2.75, 3.05) is 6.54 Å². The maximum atomic E-state index is 12.3. The van der Waals surface area contributed by atoms with E-state index >= 15 is 0 Å². The van der Waals surface area contributed by atoms with Gasteiger partial charge in [0.2, 0.25) is 0 Å². The smallest absolute Gasteiger partial charge is 0.305 e. The van der Waals surface area contributed by atoms with E-state index in [2.05, 4.69) is 0 Å². The number of allylic oxidation sites excluding steroid dienone is 1. The summed E-state index contributed by atoms with van der Waals surface area (Å²) in [6, 6.07) is 6.52. The molecule has 2 N–H and O–H groups in total. The van der Waals surface area contributed by atoms with E-state index in [-0.39, 0.29) is 24.6 Å². The Labute approximate surface area is 131 Å². The van der Waals surface area contributed by atoms with Gasteiger partial charge >= 0.3 is 5.97 Å². The monoisotopic (exact) mass is 323 g/mol. The Morgan fingerprint density at radius 3 is 2.52 bits per heavy atom. The zero-order valence-electron chi connectivity index (χ0n) is 11.2. The van der Waals surface area contributed by atoms with Gasteiger partial charge in [0.25, 0.3) is 5.91 Å². The summed E-state index contributed by atoms with van der Waals surface area (Å²) in [5.74, 6) is -1.08. The molecular weight excluding hydrogens is 310 g/mol. The minimum Gasteiger partial charge on any atom is -0.508 e. The largest absolute Gasteiger partial charge is 0.508 e. The van der Waals surface area contributed by atoms with Crippen molar-refractivity contribution in [2.24, 2.45) is 0 Å². The Balaban J connectivity index is 2.26. The van der Waals surface area contributed by atoms with Gasteiger partial charge in [-0.3, -0.25) is 14.5 Å². The molecule has 0 aliphatic carbocycles. The van der Waals surface area contributed by atoms with Gasteiger partial charge in [0.1, 0.15) is 10.1 Å². The van der Waals surface area contributed by atoms with E-state index in [4.69, 9.17) is 17.3 Å². The first-order valence-electron chi connectivity index (χ1n) is 6.16. The Morgan fingerprint density at radius 2 is 1.95 bits per heavy atom. The second-order valence-corrected chi connectivity index (χ2v) is 6.11. The molecule has 0 unspecified atom stereocenters. The number of aliphatic carboxylic acids is 1. The molecule has 1 aliphatic heterocycles. The maximum Gasteiger partial charge on any atom is 0.305 e. The van der Waals surface area contributed by atoms with Gasteiger partial charge in [-0.15, -0.1) is 0 Å². The summed E-state index contributed by atoms with van der Waals surface area (Å²) in [6.45, 7) is 1.88. The number of hydrogen-bond acceptors (Lipinski definition) is 5. The van der Waals surface area contributed by atoms with Crippen molar-refractivity contribution in [3.05, 3.63) is 34.7 Å². The van der Waals surface area contributed by atoms with Gasteiger partial charge in [0.05, 0.1) is 11.3 Å². The summed E-state index contributed by atoms with van der Waals surface area (Å²) in [5.41, 5.74) is 1.57. The van der Waals surface area contributed by atoms with Crippen LogP contribution >= 0.6 is 24.0 Å². The first-order chi connectivity index (χ1) is 9.90. The Morgan fingerprint density at radius 1 is 1.33 bits per heavy atom. The second-order valence-electron chi connectivity index (χ2n) is 4.47. The zero-order valence-corrected chi connectivity index (χ0v) is 12.8. The number of carbonyl (C=O) groups is 2. The van der Waals surface area contributed by atoms with Crippen molar-refractivity contribution in [1.82, 2.24) is 4.90 Å². The average molecular weight is 323 g/mol. The van der Waals surface area contributed by atoms with Crippen LogP contribution in [0, 0.1) is 0 Å². The molecule has 0 radical (unpaired) electrons. The first kappa shape index (κ1) is 15.5. The van der Waals surface area contributed by atoms with Gasteiger partial charge in [-0.25, -0.2) is 0 Å². The van der Waals surface area contributed by atoms with E-state index in [1.54, 1.807) is 31.2 Å². The minimum absolute atomic E-state index is 0.0758. The Kier molecular flexibility index (Phi) is 4.64. The van der Waals surface area contributed by atoms with Crippen molar-refractivity contribution in [2.45, 2.75) is 13.3 Å². The number of phenolic OH excluding ortho intramolecular Hbond substituents is 1. The summed E-state index contributed by atoms with van der Waals surface area (Å²) in [6.07, 6.45) is -0.141. The number of aromatic hydroxyl groups is 1. The van der Waals surface area contributed by atoms with E-state index in [1.807, 2.05) is 0 Å². The Hall–Kier alpha value is -1.86. The lowest BCUT2D eigenvalue weighted by Crippen LogP contribution is -2.30. The number of hydrogen-bond donors (Lipinski definition) is 2. The fourth-order valence-electron chi connectivity index (χ4n) is 1.87. The number of nitrogens with zero attached hydrogens (tertiary/aromatic N) is 1. The predicted octanol–water partition coefficient (Wildman–Crippen LogP) is 2.46. The van der Waals surface area contributed by atoms with Crippen LogP contribution in [0.15, 0.2) is 29.2 Å². The highest BCUT2D eigenvalue weighted by Gasteiger charge is 2.33. The molecule has 1 saturated heterocycles. The summed E-state index contributed by atoms with van der Waals surface area (Å²) in [7, 11) is 0. The van der Waals surface area contributed by atoms with Crippen LogP contribution in [-0.2, 0) is 9.59 Å². The molecule has 2 rings (SSSR count). The molecule has 1 aliphatic rings. The normalized spacial score (nSPS) is 17.3. The third kappa shape index (κ3) is 3.43. The molecule has 1 aromatic carbocycles. The number of thiocarbonyl (C=S) groups is 1. The molecule has 0 saturated carbocycles. The SMILES string of the molecule is C/C(=C1/SC(=S)N(CCC(=O)O)C1=O)c1ccc(O)cc1. The predicted molar refractivity (Wildman–Crippen MR) is 84.9 cm³/mol. The van der Waals surface area contributed by atoms with Crippen LogP contribution in [0.2, 0.25) is 0 Å². The fraction of sp³-hybridized carbons (Fsp3) is 0.214. The van der Waals surface area contributed by atoms with Gasteiger partial charge in [-0.05, 0) is 30.2 Å². The van der Waals surface area contributed by atoms with Crippen LogP contribution in [0.4, 0.5) is 0 Å². The molecule has 7 heteroatoms. The van der Waals surface area contributed by atoms with Gasteiger partial charge in [0.15, 0.2) is 0 Å². The number of phenols is 1. The van der Waals surface area contributed by atoms with Crippen LogP contribution in [0.1, 0.15) is 18.9 Å². The van der Waals surface area contributed by atoms with E-state index in [1.165, 1.54) is 16.7 Å². The molecule has 1 aromatic rings. The molecule has 1 fully saturated rings. The minimum atomic E-state index is -0.969. The Bertz CT molecular complexity index is 637. The van der Waals surface area contributed by atoms with Crippen molar-refractivity contribution in [3.8, 4) is 5.75 Å². The third-order valence-electron chi connectivity index (χ3n) is 3.04. The molecule has 0 atom stereocenters. The molecule has 0 aromatic heterocycles. The molecule has 110 valence electrons. The molecular formula is C14H13NO4S2. The van der Waals surface area contributed by atoms with Crippen molar-refractivity contribution in [1.29, 1.82) is 0 Å². The number of carbonyl (C=O) groups excluding carboxylic acids is 1. The van der Waals surface area contributed by atoms with Crippen LogP contribution in [0.5, 0.6) is 5.75 Å². The summed E-state index contributed by atoms with van der Waals surface area (Å²) >= 11 is 6.31. The number of carboxylic acid groups (broad SMARTS) is 1. The lowest BCUT2D eigenvalue weighted by molar-refractivity contribution is -0.137. The topological polar surface area (TPSA) is 77.8 Å². The molecule has 1 amide bonds. The number of carboxylic acids is 1. The average Bonchev–Trinajstić information content (AvgIpc) is 2.72.